The van der Waals surface area contributed by atoms with Gasteiger partial charge in [0, 0.05) is 32.1 Å². The number of aryl methyl sites for hydroxylation is 1. The van der Waals surface area contributed by atoms with Gasteiger partial charge in [-0.3, -0.25) is 4.90 Å². The van der Waals surface area contributed by atoms with E-state index in [1.54, 1.807) is 0 Å². The van der Waals surface area contributed by atoms with Crippen LogP contribution in [0.1, 0.15) is 25.6 Å². The maximum Gasteiger partial charge on any atom is 0.226 e. The number of hydrogen-bond donors (Lipinski definition) is 1. The number of aromatic nitrogens is 2. The minimum atomic E-state index is 0. The van der Waals surface area contributed by atoms with Crippen molar-refractivity contribution in [2.24, 2.45) is 0 Å². The average Bonchev–Trinajstić information content (AvgIpc) is 2.69. The molecule has 92 valence electrons. The highest BCUT2D eigenvalue weighted by Gasteiger charge is 2.19. The Morgan fingerprint density at radius 2 is 2.38 bits per heavy atom. The van der Waals surface area contributed by atoms with E-state index < -0.39 is 0 Å². The topological polar surface area (TPSA) is 54.2 Å². The molecule has 0 radical (unpaired) electrons. The molecule has 16 heavy (non-hydrogen) atoms. The molecule has 1 atom stereocenters. The number of nitrogens with zero attached hydrogens (tertiary/aromatic N) is 3. The SMILES string of the molecule is CCc1nc(CN2CCNC[C@@H]2C)no1.Cl. The molecule has 1 aromatic heterocycles. The smallest absolute Gasteiger partial charge is 0.226 e. The summed E-state index contributed by atoms with van der Waals surface area (Å²) in [6, 6.07) is 0.544. The van der Waals surface area contributed by atoms with Crippen molar-refractivity contribution in [3.63, 3.8) is 0 Å². The monoisotopic (exact) mass is 246 g/mol. The second-order valence-corrected chi connectivity index (χ2v) is 3.98. The molecule has 5 nitrogen and oxygen atoms in total. The largest absolute Gasteiger partial charge is 0.339 e. The summed E-state index contributed by atoms with van der Waals surface area (Å²) < 4.78 is 5.09. The van der Waals surface area contributed by atoms with Crippen LogP contribution in [-0.2, 0) is 13.0 Å². The summed E-state index contributed by atoms with van der Waals surface area (Å²) in [6.07, 6.45) is 0.810. The molecule has 1 aliphatic rings. The van der Waals surface area contributed by atoms with E-state index >= 15 is 0 Å². The van der Waals surface area contributed by atoms with Gasteiger partial charge in [-0.15, -0.1) is 12.4 Å². The van der Waals surface area contributed by atoms with Crippen LogP contribution in [0, 0.1) is 0 Å². The van der Waals surface area contributed by atoms with Gasteiger partial charge in [-0.1, -0.05) is 12.1 Å². The molecule has 1 saturated heterocycles. The standard InChI is InChI=1S/C10H18N4O.ClH/c1-3-10-12-9(13-15-10)7-14-5-4-11-6-8(14)2;/h8,11H,3-7H2,1-2H3;1H/t8-;/m0./s1. The van der Waals surface area contributed by atoms with Crippen molar-refractivity contribution in [1.29, 1.82) is 0 Å². The van der Waals surface area contributed by atoms with Gasteiger partial charge in [-0.2, -0.15) is 4.98 Å². The Hall–Kier alpha value is -0.650. The first-order chi connectivity index (χ1) is 7.29. The molecule has 6 heteroatoms. The van der Waals surface area contributed by atoms with Crippen LogP contribution >= 0.6 is 12.4 Å². The van der Waals surface area contributed by atoms with E-state index in [9.17, 15) is 0 Å². The van der Waals surface area contributed by atoms with E-state index in [-0.39, 0.29) is 12.4 Å². The van der Waals surface area contributed by atoms with E-state index in [1.807, 2.05) is 6.92 Å². The number of hydrogen-bond acceptors (Lipinski definition) is 5. The Morgan fingerprint density at radius 3 is 3.00 bits per heavy atom. The van der Waals surface area contributed by atoms with Gasteiger partial charge >= 0.3 is 0 Å². The van der Waals surface area contributed by atoms with Crippen molar-refractivity contribution in [1.82, 2.24) is 20.4 Å². The summed E-state index contributed by atoms with van der Waals surface area (Å²) in [4.78, 5) is 6.69. The van der Waals surface area contributed by atoms with Crippen LogP contribution < -0.4 is 5.32 Å². The molecule has 0 spiro atoms. The molecular weight excluding hydrogens is 228 g/mol. The summed E-state index contributed by atoms with van der Waals surface area (Å²) in [7, 11) is 0. The Bertz CT molecular complexity index is 318. The van der Waals surface area contributed by atoms with Crippen LogP contribution in [0.4, 0.5) is 0 Å². The molecule has 1 aliphatic heterocycles. The number of nitrogens with one attached hydrogen (secondary N) is 1. The second kappa shape index (κ2) is 6.18. The summed E-state index contributed by atoms with van der Waals surface area (Å²) in [5.74, 6) is 1.54. The molecule has 0 amide bonds. The van der Waals surface area contributed by atoms with E-state index in [0.717, 1.165) is 44.3 Å². The molecule has 0 saturated carbocycles. The first-order valence-electron chi connectivity index (χ1n) is 5.56. The Morgan fingerprint density at radius 1 is 1.56 bits per heavy atom. The molecule has 1 fully saturated rings. The van der Waals surface area contributed by atoms with Gasteiger partial charge in [0.1, 0.15) is 0 Å². The maximum atomic E-state index is 5.09. The molecular formula is C10H19ClN4O. The first-order valence-corrected chi connectivity index (χ1v) is 5.56. The van der Waals surface area contributed by atoms with Crippen molar-refractivity contribution < 1.29 is 4.52 Å². The van der Waals surface area contributed by atoms with E-state index in [1.165, 1.54) is 0 Å². The molecule has 0 aromatic carbocycles. The predicted molar refractivity (Wildman–Crippen MR) is 63.7 cm³/mol. The van der Waals surface area contributed by atoms with Gasteiger partial charge in [-0.05, 0) is 6.92 Å². The van der Waals surface area contributed by atoms with Crippen molar-refractivity contribution in [2.75, 3.05) is 19.6 Å². The zero-order chi connectivity index (χ0) is 10.7. The van der Waals surface area contributed by atoms with Crippen molar-refractivity contribution in [3.8, 4) is 0 Å². The fourth-order valence-corrected chi connectivity index (χ4v) is 1.80. The Kier molecular flexibility index (Phi) is 5.18. The fraction of sp³-hybridized carbons (Fsp3) is 0.800. The van der Waals surface area contributed by atoms with E-state index in [2.05, 4.69) is 27.3 Å². The summed E-state index contributed by atoms with van der Waals surface area (Å²) in [5, 5.41) is 7.33. The van der Waals surface area contributed by atoms with Gasteiger partial charge in [0.25, 0.3) is 0 Å². The summed E-state index contributed by atoms with van der Waals surface area (Å²) >= 11 is 0. The molecule has 1 N–H and O–H groups in total. The van der Waals surface area contributed by atoms with E-state index in [0.29, 0.717) is 6.04 Å². The zero-order valence-electron chi connectivity index (χ0n) is 9.77. The van der Waals surface area contributed by atoms with E-state index in [4.69, 9.17) is 4.52 Å². The van der Waals surface area contributed by atoms with Crippen molar-refractivity contribution in [3.05, 3.63) is 11.7 Å². The molecule has 2 rings (SSSR count). The second-order valence-electron chi connectivity index (χ2n) is 3.98. The normalized spacial score (nSPS) is 21.8. The highest BCUT2D eigenvalue weighted by atomic mass is 35.5. The molecule has 2 heterocycles. The quantitative estimate of drug-likeness (QED) is 0.857. The first kappa shape index (κ1) is 13.4. The van der Waals surface area contributed by atoms with Gasteiger partial charge in [0.15, 0.2) is 5.82 Å². The average molecular weight is 247 g/mol. The highest BCUT2D eigenvalue weighted by Crippen LogP contribution is 2.07. The minimum absolute atomic E-state index is 0. The zero-order valence-corrected chi connectivity index (χ0v) is 10.6. The minimum Gasteiger partial charge on any atom is -0.339 e. The Labute approximate surface area is 102 Å². The maximum absolute atomic E-state index is 5.09. The third-order valence-electron chi connectivity index (χ3n) is 2.80. The molecule has 0 bridgehead atoms. The van der Waals surface area contributed by atoms with Gasteiger partial charge < -0.3 is 9.84 Å². The van der Waals surface area contributed by atoms with Crippen LogP contribution in [0.15, 0.2) is 4.52 Å². The van der Waals surface area contributed by atoms with Crippen LogP contribution in [0.5, 0.6) is 0 Å². The van der Waals surface area contributed by atoms with Gasteiger partial charge in [0.2, 0.25) is 5.89 Å². The number of piperazine rings is 1. The van der Waals surface area contributed by atoms with Crippen molar-refractivity contribution in [2.45, 2.75) is 32.9 Å². The lowest BCUT2D eigenvalue weighted by Crippen LogP contribution is -2.49. The molecule has 1 aromatic rings. The number of rotatable bonds is 3. The number of halogens is 1. The van der Waals surface area contributed by atoms with Crippen LogP contribution in [0.3, 0.4) is 0 Å². The summed E-state index contributed by atoms with van der Waals surface area (Å²) in [6.45, 7) is 8.17. The lowest BCUT2D eigenvalue weighted by molar-refractivity contribution is 0.160. The lowest BCUT2D eigenvalue weighted by Gasteiger charge is -2.32. The van der Waals surface area contributed by atoms with Crippen LogP contribution in [-0.4, -0.2) is 40.7 Å². The highest BCUT2D eigenvalue weighted by molar-refractivity contribution is 5.85. The van der Waals surface area contributed by atoms with Crippen molar-refractivity contribution >= 4 is 12.4 Å². The van der Waals surface area contributed by atoms with Gasteiger partial charge in [-0.25, -0.2) is 0 Å². The predicted octanol–water partition coefficient (Wildman–Crippen LogP) is 0.847. The third kappa shape index (κ3) is 3.17. The van der Waals surface area contributed by atoms with Gasteiger partial charge in [0.05, 0.1) is 6.54 Å². The summed E-state index contributed by atoms with van der Waals surface area (Å²) in [5.41, 5.74) is 0. The van der Waals surface area contributed by atoms with Crippen LogP contribution in [0.25, 0.3) is 0 Å². The Balaban J connectivity index is 0.00000128. The fourth-order valence-electron chi connectivity index (χ4n) is 1.80. The van der Waals surface area contributed by atoms with Crippen LogP contribution in [0.2, 0.25) is 0 Å². The molecule has 0 unspecified atom stereocenters. The lowest BCUT2D eigenvalue weighted by atomic mass is 10.2. The molecule has 0 aliphatic carbocycles. The third-order valence-corrected chi connectivity index (χ3v) is 2.80.